The molecule has 1 aromatic rings. The molecule has 12 atom stereocenters. The molecule has 30 heteroatoms. The zero-order valence-electron chi connectivity index (χ0n) is 42.7. The van der Waals surface area contributed by atoms with Crippen LogP contribution in [0.3, 0.4) is 0 Å². The van der Waals surface area contributed by atoms with Crippen molar-refractivity contribution >= 4 is 71.4 Å². The number of nitrogens with two attached hydrogens (primary N) is 1. The molecule has 11 N–H and O–H groups in total. The highest BCUT2D eigenvalue weighted by Crippen LogP contribution is 2.30. The lowest BCUT2D eigenvalue weighted by molar-refractivity contribution is -0.130. The van der Waals surface area contributed by atoms with Crippen LogP contribution in [0.4, 0.5) is 0 Å². The summed E-state index contributed by atoms with van der Waals surface area (Å²) in [6.45, 7) is 6.61. The molecular weight excluding hydrogens is 1040 g/mol. The average molecular weight is 1110 g/mol. The van der Waals surface area contributed by atoms with E-state index in [0.29, 0.717) is 12.3 Å². The summed E-state index contributed by atoms with van der Waals surface area (Å²) in [7, 11) is -10.6. The van der Waals surface area contributed by atoms with Crippen LogP contribution in [0.2, 0.25) is 0 Å². The van der Waals surface area contributed by atoms with Gasteiger partial charge in [-0.15, -0.1) is 0 Å². The van der Waals surface area contributed by atoms with Gasteiger partial charge >= 0.3 is 0 Å². The summed E-state index contributed by atoms with van der Waals surface area (Å²) in [4.78, 5) is 94.9. The lowest BCUT2D eigenvalue weighted by Crippen LogP contribution is -2.56. The quantitative estimate of drug-likeness (QED) is 0.0616. The van der Waals surface area contributed by atoms with E-state index in [4.69, 9.17) is 10.5 Å². The predicted octanol–water partition coefficient (Wildman–Crippen LogP) is -6.27. The van der Waals surface area contributed by atoms with Gasteiger partial charge in [-0.2, -0.15) is 12.9 Å². The fourth-order valence-corrected chi connectivity index (χ4v) is 14.9. The maximum Gasteiger partial charge on any atom is 0.243 e. The Hall–Kier alpha value is -5.08. The van der Waals surface area contributed by atoms with E-state index in [0.717, 1.165) is 12.9 Å². The second-order valence-corrected chi connectivity index (χ2v) is 27.6. The van der Waals surface area contributed by atoms with Gasteiger partial charge < -0.3 is 58.3 Å². The van der Waals surface area contributed by atoms with Crippen molar-refractivity contribution in [3.63, 3.8) is 0 Å². The van der Waals surface area contributed by atoms with Crippen molar-refractivity contribution in [1.82, 2.24) is 60.8 Å². The molecule has 0 unspecified atom stereocenters. The van der Waals surface area contributed by atoms with Gasteiger partial charge in [0.1, 0.15) is 5.75 Å². The SMILES string of the molecule is COc1ccc(S(=O)(=O)N2C[C@@H](NC(=O)[C@@H]3CNC[C@H]3NC(=O)[C@@H]3CN(S(=O)(=O)C(C)C)C[C@H]3NC(=O)[C@@H]3CNC[C@H]3NC(C)=O)[C@H](C(=O)N[C@@H]3CNC[C@H]3C(=O)N[C@@H]3CN(S(=O)(=O)C(C)C)C[C@H]3C(N)=O)C2)cc1. The summed E-state index contributed by atoms with van der Waals surface area (Å²) < 4.78 is 89.6. The minimum Gasteiger partial charge on any atom is -0.497 e. The number of benzene rings is 1. The highest BCUT2D eigenvalue weighted by molar-refractivity contribution is 7.90. The highest BCUT2D eigenvalue weighted by Gasteiger charge is 2.50. The van der Waals surface area contributed by atoms with Crippen molar-refractivity contribution in [3.05, 3.63) is 24.3 Å². The number of hydrogen-bond donors (Lipinski definition) is 10. The Labute approximate surface area is 437 Å². The largest absolute Gasteiger partial charge is 0.497 e. The Morgan fingerprint density at radius 3 is 1.20 bits per heavy atom. The Kier molecular flexibility index (Phi) is 17.9. The zero-order chi connectivity index (χ0) is 54.9. The third-order valence-electron chi connectivity index (χ3n) is 15.2. The van der Waals surface area contributed by atoms with E-state index in [9.17, 15) is 58.8 Å². The number of ether oxygens (including phenoxy) is 1. The third-order valence-corrected chi connectivity index (χ3v) is 21.5. The molecule has 0 bridgehead atoms. The minimum absolute atomic E-state index is 0.0510. The van der Waals surface area contributed by atoms with Gasteiger partial charge in [-0.05, 0) is 52.0 Å². The molecule has 6 aliphatic rings. The normalized spacial score (nSPS) is 30.8. The van der Waals surface area contributed by atoms with Crippen molar-refractivity contribution in [2.24, 2.45) is 41.2 Å². The molecule has 1 aromatic carbocycles. The van der Waals surface area contributed by atoms with Crippen molar-refractivity contribution in [1.29, 1.82) is 0 Å². The van der Waals surface area contributed by atoms with Gasteiger partial charge in [-0.1, -0.05) is 0 Å². The molecule has 6 heterocycles. The Morgan fingerprint density at radius 2 is 0.827 bits per heavy atom. The third kappa shape index (κ3) is 12.5. The molecule has 0 saturated carbocycles. The number of rotatable bonds is 19. The van der Waals surface area contributed by atoms with E-state index in [1.807, 2.05) is 0 Å². The summed E-state index contributed by atoms with van der Waals surface area (Å²) in [6.07, 6.45) is 0. The monoisotopic (exact) mass is 1110 g/mol. The van der Waals surface area contributed by atoms with E-state index in [1.165, 1.54) is 66.0 Å². The zero-order valence-corrected chi connectivity index (χ0v) is 45.2. The van der Waals surface area contributed by atoms with Gasteiger partial charge in [0.2, 0.25) is 71.4 Å². The first-order valence-electron chi connectivity index (χ1n) is 25.1. The molecule has 418 valence electrons. The number of hydrogen-bond acceptors (Lipinski definition) is 17. The molecule has 27 nitrogen and oxygen atoms in total. The van der Waals surface area contributed by atoms with Gasteiger partial charge in [0.25, 0.3) is 0 Å². The predicted molar refractivity (Wildman–Crippen MR) is 269 cm³/mol. The maximum absolute atomic E-state index is 14.5. The van der Waals surface area contributed by atoms with Crippen LogP contribution in [0.15, 0.2) is 29.2 Å². The van der Waals surface area contributed by atoms with Crippen LogP contribution in [0.1, 0.15) is 34.6 Å². The number of carbonyl (C=O) groups is 7. The van der Waals surface area contributed by atoms with Crippen LogP contribution in [-0.4, -0.2) is 212 Å². The van der Waals surface area contributed by atoms with Gasteiger partial charge in [0.15, 0.2) is 0 Å². The molecule has 75 heavy (non-hydrogen) atoms. The highest BCUT2D eigenvalue weighted by atomic mass is 32.2. The van der Waals surface area contributed by atoms with Crippen LogP contribution in [-0.2, 0) is 63.6 Å². The lowest BCUT2D eigenvalue weighted by Gasteiger charge is -2.28. The molecule has 0 aromatic heterocycles. The topological polar surface area (TPSA) is 375 Å². The van der Waals surface area contributed by atoms with Crippen molar-refractivity contribution in [3.8, 4) is 5.75 Å². The second kappa shape index (κ2) is 23.3. The number of nitrogens with zero attached hydrogens (tertiary/aromatic N) is 3. The fraction of sp³-hybridized carbons (Fsp3) is 0.711. The van der Waals surface area contributed by atoms with Crippen molar-refractivity contribution in [2.75, 3.05) is 85.6 Å². The van der Waals surface area contributed by atoms with Gasteiger partial charge in [0, 0.05) is 85.5 Å². The Morgan fingerprint density at radius 1 is 0.493 bits per heavy atom. The smallest absolute Gasteiger partial charge is 0.243 e. The van der Waals surface area contributed by atoms with E-state index < -0.39 is 148 Å². The molecule has 7 rings (SSSR count). The number of methoxy groups -OCH3 is 1. The molecular formula is C45H71N13O14S3. The summed E-state index contributed by atoms with van der Waals surface area (Å²) in [6, 6.07) is 0.267. The van der Waals surface area contributed by atoms with Crippen molar-refractivity contribution in [2.45, 2.75) is 86.3 Å². The maximum atomic E-state index is 14.5. The van der Waals surface area contributed by atoms with Crippen LogP contribution in [0.5, 0.6) is 5.75 Å². The number of nitrogens with one attached hydrogen (secondary N) is 9. The standard InChI is InChI=1S/C45H71N13O14S3/c1-23(2)73(66,67)56-17-31(40(46)60)37(20-56)53-42(62)29-12-48-15-35(29)52-45(65)33-19-58(75(70,71)27-9-7-26(72-6)8-10-27)22-39(33)55-43(63)30-13-49-16-36(30)51-44(64)32-18-57(74(68,69)24(3)4)21-38(32)54-41(61)28-11-47-14-34(28)50-25(5)59/h7-10,23-24,28-39,47-49H,11-22H2,1-6H3,(H2,46,60)(H,50,59)(H,51,64)(H,52,65)(H,53,62)(H,54,61)(H,55,63)/t28-,29-,30-,31-,32-,33-,34-,35-,36-,37-,38-,39-/m1/s1. The summed E-state index contributed by atoms with van der Waals surface area (Å²) in [5.74, 6) is -9.70. The van der Waals surface area contributed by atoms with Crippen LogP contribution >= 0.6 is 0 Å². The van der Waals surface area contributed by atoms with Gasteiger partial charge in [-0.25, -0.2) is 25.3 Å². The molecule has 6 aliphatic heterocycles. The molecule has 6 saturated heterocycles. The van der Waals surface area contributed by atoms with Crippen molar-refractivity contribution < 1.29 is 63.6 Å². The molecule has 7 amide bonds. The van der Waals surface area contributed by atoms with Gasteiger partial charge in [-0.3, -0.25) is 33.6 Å². The number of sulfonamides is 3. The Bertz CT molecular complexity index is 2700. The summed E-state index contributed by atoms with van der Waals surface area (Å²) in [5.41, 5.74) is 5.64. The average Bonchev–Trinajstić information content (AvgIpc) is 4.21. The minimum atomic E-state index is -4.28. The number of amides is 7. The van der Waals surface area contributed by atoms with Crippen LogP contribution in [0, 0.1) is 35.5 Å². The van der Waals surface area contributed by atoms with E-state index in [1.54, 1.807) is 0 Å². The van der Waals surface area contributed by atoms with E-state index >= 15 is 0 Å². The summed E-state index contributed by atoms with van der Waals surface area (Å²) >= 11 is 0. The number of primary amides is 1. The molecule has 0 radical (unpaired) electrons. The first-order valence-corrected chi connectivity index (χ1v) is 29.5. The first kappa shape index (κ1) is 57.6. The van der Waals surface area contributed by atoms with E-state index in [2.05, 4.69) is 47.9 Å². The van der Waals surface area contributed by atoms with Crippen LogP contribution in [0.25, 0.3) is 0 Å². The fourth-order valence-electron chi connectivity index (χ4n) is 10.7. The van der Waals surface area contributed by atoms with Crippen LogP contribution < -0.4 is 58.3 Å². The summed E-state index contributed by atoms with van der Waals surface area (Å²) in [5, 5.41) is 24.6. The second-order valence-electron chi connectivity index (χ2n) is 20.7. The molecule has 0 spiro atoms. The first-order chi connectivity index (χ1) is 35.2. The van der Waals surface area contributed by atoms with E-state index in [-0.39, 0.29) is 82.8 Å². The Balaban J connectivity index is 1.06. The molecule has 6 fully saturated rings. The lowest BCUT2D eigenvalue weighted by atomic mass is 9.96. The van der Waals surface area contributed by atoms with Gasteiger partial charge in [0.05, 0.1) is 94.3 Å². The molecule has 0 aliphatic carbocycles. The number of carbonyl (C=O) groups excluding carboxylic acids is 7.